The molecule has 1 heterocycles. The minimum Gasteiger partial charge on any atom is -0.463 e. The lowest BCUT2D eigenvalue weighted by molar-refractivity contribution is -0.334. The number of carbonyl (C=O) groups excluding carboxylic acids is 2. The van der Waals surface area contributed by atoms with E-state index in [1.54, 1.807) is 13.8 Å². The van der Waals surface area contributed by atoms with Crippen molar-refractivity contribution in [3.05, 3.63) is 11.6 Å². The lowest BCUT2D eigenvalue weighted by Crippen LogP contribution is -2.67. The Balaban J connectivity index is 1.52. The Morgan fingerprint density at radius 2 is 1.60 bits per heavy atom. The van der Waals surface area contributed by atoms with Gasteiger partial charge in [0.05, 0.1) is 17.8 Å². The van der Waals surface area contributed by atoms with Gasteiger partial charge in [0.25, 0.3) is 0 Å². The fraction of sp³-hybridized carbons (Fsp3) is 0.902. The van der Waals surface area contributed by atoms with E-state index in [0.29, 0.717) is 12.8 Å². The highest BCUT2D eigenvalue weighted by Gasteiger charge is 2.69. The van der Waals surface area contributed by atoms with Crippen LogP contribution in [0.1, 0.15) is 114 Å². The first-order valence-electron chi connectivity index (χ1n) is 19.7. The van der Waals surface area contributed by atoms with Gasteiger partial charge in [-0.3, -0.25) is 9.59 Å². The number of allylic oxidation sites excluding steroid dienone is 1. The van der Waals surface area contributed by atoms with Gasteiger partial charge in [-0.1, -0.05) is 53.2 Å². The second-order valence-corrected chi connectivity index (χ2v) is 19.0. The Labute approximate surface area is 315 Å². The smallest absolute Gasteiger partial charge is 0.302 e. The summed E-state index contributed by atoms with van der Waals surface area (Å²) in [5.74, 6) is -0.410. The Morgan fingerprint density at radius 3 is 2.21 bits per heavy atom. The van der Waals surface area contributed by atoms with E-state index in [1.165, 1.54) is 26.5 Å². The summed E-state index contributed by atoms with van der Waals surface area (Å²) in [5, 5.41) is 55.2. The molecule has 0 aromatic carbocycles. The third-order valence-electron chi connectivity index (χ3n) is 15.3. The van der Waals surface area contributed by atoms with Crippen molar-refractivity contribution < 1.29 is 58.8 Å². The minimum absolute atomic E-state index is 0.0612. The summed E-state index contributed by atoms with van der Waals surface area (Å²) in [6.45, 7) is 19.4. The predicted molar refractivity (Wildman–Crippen MR) is 195 cm³/mol. The molecule has 12 heteroatoms. The largest absolute Gasteiger partial charge is 0.463 e. The molecule has 5 aliphatic rings. The predicted octanol–water partition coefficient (Wildman–Crippen LogP) is 4.06. The van der Waals surface area contributed by atoms with Crippen LogP contribution in [0.2, 0.25) is 0 Å². The molecule has 5 N–H and O–H groups in total. The number of rotatable bonds is 11. The topological polar surface area (TPSA) is 181 Å². The van der Waals surface area contributed by atoms with Crippen LogP contribution in [0.4, 0.5) is 0 Å². The van der Waals surface area contributed by atoms with E-state index in [9.17, 15) is 35.1 Å². The summed E-state index contributed by atoms with van der Waals surface area (Å²) in [6.07, 6.45) is -2.29. The normalized spacial score (nSPS) is 44.0. The summed E-state index contributed by atoms with van der Waals surface area (Å²) in [6, 6.07) is 0. The number of hydrogen-bond acceptors (Lipinski definition) is 12. The molecule has 1 saturated heterocycles. The Hall–Kier alpha value is -1.64. The van der Waals surface area contributed by atoms with E-state index < -0.39 is 71.4 Å². The monoisotopic (exact) mass is 752 g/mol. The highest BCUT2D eigenvalue weighted by Crippen LogP contribution is 2.74. The molecule has 16 atom stereocenters. The molecule has 4 aliphatic carbocycles. The molecule has 0 radical (unpaired) electrons. The van der Waals surface area contributed by atoms with Gasteiger partial charge in [0.15, 0.2) is 6.29 Å². The average Bonchev–Trinajstić information content (AvgIpc) is 3.44. The van der Waals surface area contributed by atoms with E-state index in [1.807, 2.05) is 0 Å². The zero-order valence-electron chi connectivity index (χ0n) is 33.8. The second-order valence-electron chi connectivity index (χ2n) is 19.0. The Morgan fingerprint density at radius 1 is 0.943 bits per heavy atom. The van der Waals surface area contributed by atoms with Crippen LogP contribution in [0.15, 0.2) is 11.6 Å². The number of hydrogen-bond donors (Lipinski definition) is 5. The van der Waals surface area contributed by atoms with Crippen LogP contribution < -0.4 is 0 Å². The number of methoxy groups -OCH3 is 1. The van der Waals surface area contributed by atoms with Gasteiger partial charge in [0.2, 0.25) is 0 Å². The van der Waals surface area contributed by atoms with Crippen molar-refractivity contribution in [1.82, 2.24) is 0 Å². The van der Waals surface area contributed by atoms with Crippen LogP contribution in [0, 0.1) is 45.3 Å². The molecule has 53 heavy (non-hydrogen) atoms. The van der Waals surface area contributed by atoms with Crippen LogP contribution >= 0.6 is 0 Å². The summed E-state index contributed by atoms with van der Waals surface area (Å²) in [5.41, 5.74) is -0.954. The summed E-state index contributed by atoms with van der Waals surface area (Å²) >= 11 is 0. The van der Waals surface area contributed by atoms with Crippen molar-refractivity contribution in [2.45, 2.75) is 175 Å². The number of fused-ring (bicyclic) bond motifs is 5. The summed E-state index contributed by atoms with van der Waals surface area (Å²) < 4.78 is 29.7. The van der Waals surface area contributed by atoms with Gasteiger partial charge in [-0.2, -0.15) is 0 Å². The molecule has 4 fully saturated rings. The fourth-order valence-electron chi connectivity index (χ4n) is 12.2. The number of aliphatic hydroxyl groups excluding tert-OH is 5. The molecule has 0 amide bonds. The number of carbonyl (C=O) groups is 2. The van der Waals surface area contributed by atoms with Crippen LogP contribution in [0.25, 0.3) is 0 Å². The van der Waals surface area contributed by atoms with Crippen molar-refractivity contribution >= 4 is 11.9 Å². The van der Waals surface area contributed by atoms with Gasteiger partial charge in [-0.25, -0.2) is 0 Å². The molecule has 3 saturated carbocycles. The third kappa shape index (κ3) is 7.26. The molecule has 16 unspecified atom stereocenters. The number of aliphatic hydroxyl groups is 5. The zero-order valence-corrected chi connectivity index (χ0v) is 33.8. The van der Waals surface area contributed by atoms with Crippen molar-refractivity contribution in [1.29, 1.82) is 0 Å². The van der Waals surface area contributed by atoms with Gasteiger partial charge < -0.3 is 49.2 Å². The summed E-state index contributed by atoms with van der Waals surface area (Å²) in [4.78, 5) is 23.9. The fourth-order valence-corrected chi connectivity index (χ4v) is 12.2. The minimum atomic E-state index is -1.59. The van der Waals surface area contributed by atoms with Crippen LogP contribution in [0.3, 0.4) is 0 Å². The molecule has 0 spiro atoms. The quantitative estimate of drug-likeness (QED) is 0.116. The van der Waals surface area contributed by atoms with E-state index in [2.05, 4.69) is 47.6 Å². The molecule has 1 aliphatic heterocycles. The first kappa shape index (κ1) is 42.5. The highest BCUT2D eigenvalue weighted by molar-refractivity contribution is 5.66. The first-order chi connectivity index (χ1) is 24.5. The zero-order chi connectivity index (χ0) is 39.6. The van der Waals surface area contributed by atoms with E-state index >= 15 is 0 Å². The van der Waals surface area contributed by atoms with Crippen LogP contribution in [-0.2, 0) is 33.3 Å². The van der Waals surface area contributed by atoms with Gasteiger partial charge >= 0.3 is 11.9 Å². The van der Waals surface area contributed by atoms with E-state index in [-0.39, 0.29) is 53.2 Å². The second kappa shape index (κ2) is 15.0. The number of ether oxygens (including phenoxy) is 5. The van der Waals surface area contributed by atoms with Crippen molar-refractivity contribution in [3.8, 4) is 0 Å². The lowest BCUT2D eigenvalue weighted by atomic mass is 9.37. The summed E-state index contributed by atoms with van der Waals surface area (Å²) in [7, 11) is 1.53. The van der Waals surface area contributed by atoms with Gasteiger partial charge in [-0.15, -0.1) is 0 Å². The number of esters is 2. The van der Waals surface area contributed by atoms with Crippen LogP contribution in [-0.4, -0.2) is 112 Å². The van der Waals surface area contributed by atoms with Crippen molar-refractivity contribution in [2.24, 2.45) is 45.3 Å². The van der Waals surface area contributed by atoms with Gasteiger partial charge in [0.1, 0.15) is 43.2 Å². The molecular formula is C41H68O12. The highest BCUT2D eigenvalue weighted by atomic mass is 16.7. The lowest BCUT2D eigenvalue weighted by Gasteiger charge is -2.69. The maximum Gasteiger partial charge on any atom is 0.302 e. The molecule has 0 aromatic rings. The molecule has 0 aromatic heterocycles. The Kier molecular flexibility index (Phi) is 12.1. The van der Waals surface area contributed by atoms with Crippen molar-refractivity contribution in [2.75, 3.05) is 13.7 Å². The van der Waals surface area contributed by atoms with Gasteiger partial charge in [0, 0.05) is 31.8 Å². The molecule has 5 rings (SSSR count). The molecule has 0 bridgehead atoms. The molecular weight excluding hydrogens is 684 g/mol. The van der Waals surface area contributed by atoms with Crippen LogP contribution in [0.5, 0.6) is 0 Å². The molecule has 12 nitrogen and oxygen atoms in total. The molecule has 304 valence electrons. The first-order valence-corrected chi connectivity index (χ1v) is 19.7. The van der Waals surface area contributed by atoms with Crippen molar-refractivity contribution in [3.63, 3.8) is 0 Å². The van der Waals surface area contributed by atoms with E-state index in [4.69, 9.17) is 23.7 Å². The third-order valence-corrected chi connectivity index (χ3v) is 15.3. The standard InChI is InChI=1S/C41H68O12/c1-21(18-25(44)35(48)38(6,7)49-11)24-12-13-27-39(24,8)16-14-28-40(9)17-15-30(51-23(3)43)37(4,5)29(40)19-31(41(27,28)10)53-36-34(47)33(46)32(45)26(52-36)20-50-22(2)42/h13,21,24-26,28-36,44-48H,12,14-20H2,1-11H3. The van der Waals surface area contributed by atoms with Gasteiger partial charge in [-0.05, 0) is 93.3 Å². The van der Waals surface area contributed by atoms with E-state index in [0.717, 1.165) is 32.1 Å². The SMILES string of the molecule is COC(C)(C)C(O)C(O)CC(C)C1CC=C2C1(C)CCC1C3(C)CCC(OC(C)=O)C(C)(C)C3CC(OC3OC(COC(C)=O)C(O)C(O)C3O)C21C. The average molecular weight is 753 g/mol. The Bertz CT molecular complexity index is 1380. The maximum absolute atomic E-state index is 12.3. The maximum atomic E-state index is 12.3.